The third-order valence-corrected chi connectivity index (χ3v) is 4.62. The predicted molar refractivity (Wildman–Crippen MR) is 95.0 cm³/mol. The fourth-order valence-corrected chi connectivity index (χ4v) is 3.34. The summed E-state index contributed by atoms with van der Waals surface area (Å²) in [6.45, 7) is 5.31. The van der Waals surface area contributed by atoms with Crippen molar-refractivity contribution >= 4 is 29.2 Å². The van der Waals surface area contributed by atoms with E-state index in [0.717, 1.165) is 24.6 Å². The maximum atomic E-state index is 6.26. The highest BCUT2D eigenvalue weighted by atomic mass is 35.5. The Labute approximate surface area is 142 Å². The van der Waals surface area contributed by atoms with Gasteiger partial charge in [-0.3, -0.25) is 4.99 Å². The standard InChI is InChI=1S/C16H24Cl2N4/c1-11(14-5-4-13(17)8-15(14)18)21-16(19-2)20-9-12-6-7-22(3)10-12/h4-5,8,11-12H,6-7,9-10H2,1-3H3,(H2,19,20,21). The van der Waals surface area contributed by atoms with Gasteiger partial charge in [0.05, 0.1) is 6.04 Å². The molecule has 1 saturated heterocycles. The molecule has 1 heterocycles. The number of benzene rings is 1. The van der Waals surface area contributed by atoms with E-state index in [1.54, 1.807) is 13.1 Å². The van der Waals surface area contributed by atoms with Crippen molar-refractivity contribution in [3.05, 3.63) is 33.8 Å². The van der Waals surface area contributed by atoms with Gasteiger partial charge >= 0.3 is 0 Å². The van der Waals surface area contributed by atoms with Gasteiger partial charge in [0.1, 0.15) is 0 Å². The zero-order valence-electron chi connectivity index (χ0n) is 13.4. The number of nitrogens with zero attached hydrogens (tertiary/aromatic N) is 2. The molecule has 1 aromatic rings. The summed E-state index contributed by atoms with van der Waals surface area (Å²) in [5.74, 6) is 1.48. The highest BCUT2D eigenvalue weighted by Crippen LogP contribution is 2.26. The molecule has 2 unspecified atom stereocenters. The van der Waals surface area contributed by atoms with Crippen LogP contribution in [0.3, 0.4) is 0 Å². The molecule has 0 amide bonds. The first kappa shape index (κ1) is 17.4. The molecule has 1 fully saturated rings. The van der Waals surface area contributed by atoms with Crippen molar-refractivity contribution in [1.82, 2.24) is 15.5 Å². The normalized spacial score (nSPS) is 21.0. The first-order chi connectivity index (χ1) is 10.5. The van der Waals surface area contributed by atoms with E-state index in [4.69, 9.17) is 23.2 Å². The van der Waals surface area contributed by atoms with Crippen LogP contribution in [0.15, 0.2) is 23.2 Å². The van der Waals surface area contributed by atoms with Gasteiger partial charge in [0, 0.05) is 30.2 Å². The molecular weight excluding hydrogens is 319 g/mol. The maximum absolute atomic E-state index is 6.26. The maximum Gasteiger partial charge on any atom is 0.191 e. The first-order valence-corrected chi connectivity index (χ1v) is 8.36. The van der Waals surface area contributed by atoms with Gasteiger partial charge in [-0.2, -0.15) is 0 Å². The summed E-state index contributed by atoms with van der Waals surface area (Å²) in [6, 6.07) is 5.62. The Balaban J connectivity index is 1.89. The van der Waals surface area contributed by atoms with E-state index in [1.807, 2.05) is 12.1 Å². The highest BCUT2D eigenvalue weighted by molar-refractivity contribution is 6.35. The summed E-state index contributed by atoms with van der Waals surface area (Å²) in [6.07, 6.45) is 1.24. The van der Waals surface area contributed by atoms with Gasteiger partial charge < -0.3 is 15.5 Å². The first-order valence-electron chi connectivity index (χ1n) is 7.60. The lowest BCUT2D eigenvalue weighted by atomic mass is 10.1. The molecular formula is C16H24Cl2N4. The lowest BCUT2D eigenvalue weighted by Crippen LogP contribution is -2.41. The Morgan fingerprint density at radius 1 is 1.45 bits per heavy atom. The Kier molecular flexibility index (Phi) is 6.36. The Bertz CT molecular complexity index is 533. The molecule has 122 valence electrons. The Morgan fingerprint density at radius 2 is 2.23 bits per heavy atom. The van der Waals surface area contributed by atoms with Crippen LogP contribution in [0.25, 0.3) is 0 Å². The largest absolute Gasteiger partial charge is 0.356 e. The second kappa shape index (κ2) is 8.04. The number of guanidine groups is 1. The van der Waals surface area contributed by atoms with Gasteiger partial charge in [-0.1, -0.05) is 29.3 Å². The van der Waals surface area contributed by atoms with Crippen LogP contribution in [0.5, 0.6) is 0 Å². The van der Waals surface area contributed by atoms with E-state index in [-0.39, 0.29) is 6.04 Å². The zero-order chi connectivity index (χ0) is 16.1. The van der Waals surface area contributed by atoms with Crippen molar-refractivity contribution in [3.63, 3.8) is 0 Å². The second-order valence-electron chi connectivity index (χ2n) is 5.90. The molecule has 0 aromatic heterocycles. The van der Waals surface area contributed by atoms with Gasteiger partial charge in [0.2, 0.25) is 0 Å². The van der Waals surface area contributed by atoms with Crippen LogP contribution in [0.1, 0.15) is 24.9 Å². The van der Waals surface area contributed by atoms with Crippen molar-refractivity contribution in [2.45, 2.75) is 19.4 Å². The average Bonchev–Trinajstić information content (AvgIpc) is 2.88. The minimum absolute atomic E-state index is 0.0576. The van der Waals surface area contributed by atoms with Crippen LogP contribution in [0.4, 0.5) is 0 Å². The smallest absolute Gasteiger partial charge is 0.191 e. The highest BCUT2D eigenvalue weighted by Gasteiger charge is 2.19. The monoisotopic (exact) mass is 342 g/mol. The quantitative estimate of drug-likeness (QED) is 0.652. The molecule has 1 aliphatic rings. The summed E-state index contributed by atoms with van der Waals surface area (Å²) in [5, 5.41) is 8.10. The van der Waals surface area contributed by atoms with Crippen molar-refractivity contribution < 1.29 is 0 Å². The molecule has 22 heavy (non-hydrogen) atoms. The molecule has 2 rings (SSSR count). The van der Waals surface area contributed by atoms with Gasteiger partial charge in [-0.05, 0) is 50.6 Å². The van der Waals surface area contributed by atoms with Crippen LogP contribution >= 0.6 is 23.2 Å². The van der Waals surface area contributed by atoms with Crippen LogP contribution in [0.2, 0.25) is 10.0 Å². The van der Waals surface area contributed by atoms with Crippen molar-refractivity contribution in [2.75, 3.05) is 33.7 Å². The summed E-state index contributed by atoms with van der Waals surface area (Å²) in [5.41, 5.74) is 1.01. The number of aliphatic imine (C=N–C) groups is 1. The molecule has 0 spiro atoms. The molecule has 1 aromatic carbocycles. The second-order valence-corrected chi connectivity index (χ2v) is 6.75. The number of nitrogens with one attached hydrogen (secondary N) is 2. The third-order valence-electron chi connectivity index (χ3n) is 4.05. The van der Waals surface area contributed by atoms with Crippen molar-refractivity contribution in [1.29, 1.82) is 0 Å². The Hall–Kier alpha value is -0.970. The van der Waals surface area contributed by atoms with E-state index < -0.39 is 0 Å². The third kappa shape index (κ3) is 4.77. The SMILES string of the molecule is CN=C(NCC1CCN(C)C1)NC(C)c1ccc(Cl)cc1Cl. The molecule has 6 heteroatoms. The summed E-state index contributed by atoms with van der Waals surface area (Å²) >= 11 is 12.2. The molecule has 2 atom stereocenters. The average molecular weight is 343 g/mol. The number of halogens is 2. The summed E-state index contributed by atoms with van der Waals surface area (Å²) in [4.78, 5) is 6.65. The van der Waals surface area contributed by atoms with Crippen molar-refractivity contribution in [2.24, 2.45) is 10.9 Å². The number of likely N-dealkylation sites (tertiary alicyclic amines) is 1. The lowest BCUT2D eigenvalue weighted by molar-refractivity contribution is 0.393. The minimum atomic E-state index is 0.0576. The van der Waals surface area contributed by atoms with E-state index >= 15 is 0 Å². The number of hydrogen-bond donors (Lipinski definition) is 2. The van der Waals surface area contributed by atoms with Gasteiger partial charge in [0.15, 0.2) is 5.96 Å². The molecule has 0 saturated carbocycles. The Morgan fingerprint density at radius 3 is 2.82 bits per heavy atom. The van der Waals surface area contributed by atoms with E-state index in [9.17, 15) is 0 Å². The van der Waals surface area contributed by atoms with Crippen LogP contribution < -0.4 is 10.6 Å². The van der Waals surface area contributed by atoms with Gasteiger partial charge in [-0.15, -0.1) is 0 Å². The summed E-state index contributed by atoms with van der Waals surface area (Å²) in [7, 11) is 3.95. The topological polar surface area (TPSA) is 39.7 Å². The number of rotatable bonds is 4. The zero-order valence-corrected chi connectivity index (χ0v) is 14.9. The number of hydrogen-bond acceptors (Lipinski definition) is 2. The molecule has 0 radical (unpaired) electrons. The molecule has 1 aliphatic heterocycles. The van der Waals surface area contributed by atoms with E-state index in [0.29, 0.717) is 16.0 Å². The van der Waals surface area contributed by atoms with Gasteiger partial charge in [0.25, 0.3) is 0 Å². The van der Waals surface area contributed by atoms with Crippen LogP contribution in [0, 0.1) is 5.92 Å². The van der Waals surface area contributed by atoms with Crippen molar-refractivity contribution in [3.8, 4) is 0 Å². The fraction of sp³-hybridized carbons (Fsp3) is 0.562. The van der Waals surface area contributed by atoms with Gasteiger partial charge in [-0.25, -0.2) is 0 Å². The molecule has 0 aliphatic carbocycles. The fourth-order valence-electron chi connectivity index (χ4n) is 2.76. The molecule has 0 bridgehead atoms. The van der Waals surface area contributed by atoms with E-state index in [1.165, 1.54) is 13.0 Å². The lowest BCUT2D eigenvalue weighted by Gasteiger charge is -2.20. The van der Waals surface area contributed by atoms with Crippen LogP contribution in [-0.4, -0.2) is 44.6 Å². The molecule has 2 N–H and O–H groups in total. The predicted octanol–water partition coefficient (Wildman–Crippen LogP) is 3.17. The van der Waals surface area contributed by atoms with E-state index in [2.05, 4.69) is 34.5 Å². The minimum Gasteiger partial charge on any atom is -0.356 e. The van der Waals surface area contributed by atoms with Crippen LogP contribution in [-0.2, 0) is 0 Å². The summed E-state index contributed by atoms with van der Waals surface area (Å²) < 4.78 is 0. The molecule has 4 nitrogen and oxygen atoms in total.